The van der Waals surface area contributed by atoms with Crippen molar-refractivity contribution in [2.45, 2.75) is 38.1 Å². The Hall–Kier alpha value is -2.79. The normalized spacial score (nSPS) is 14.7. The quantitative estimate of drug-likeness (QED) is 0.645. The third-order valence-electron chi connectivity index (χ3n) is 5.18. The van der Waals surface area contributed by atoms with Crippen molar-refractivity contribution in [1.82, 2.24) is 5.32 Å². The minimum atomic E-state index is -0.303. The van der Waals surface area contributed by atoms with Gasteiger partial charge in [-0.05, 0) is 49.2 Å². The van der Waals surface area contributed by atoms with E-state index in [4.69, 9.17) is 20.8 Å². The Morgan fingerprint density at radius 1 is 1.07 bits per heavy atom. The van der Waals surface area contributed by atoms with Crippen molar-refractivity contribution in [2.24, 2.45) is 0 Å². The van der Waals surface area contributed by atoms with Crippen LogP contribution in [0.25, 0.3) is 22.3 Å². The number of benzene rings is 2. The SMILES string of the molecule is O=C(COc1c(-c2ccc(Cl)cc2)oc2ccccc2c1=O)NC1CCCCC1. The van der Waals surface area contributed by atoms with Crippen LogP contribution in [0.2, 0.25) is 5.02 Å². The van der Waals surface area contributed by atoms with Gasteiger partial charge in [0.2, 0.25) is 11.2 Å². The largest absolute Gasteiger partial charge is 0.476 e. The molecule has 0 radical (unpaired) electrons. The second-order valence-corrected chi connectivity index (χ2v) is 7.72. The van der Waals surface area contributed by atoms with Crippen molar-refractivity contribution < 1.29 is 13.9 Å². The number of carbonyl (C=O) groups excluding carboxylic acids is 1. The van der Waals surface area contributed by atoms with E-state index in [0.717, 1.165) is 25.7 Å². The molecule has 1 aromatic heterocycles. The summed E-state index contributed by atoms with van der Waals surface area (Å²) in [7, 11) is 0. The van der Waals surface area contributed by atoms with Crippen LogP contribution < -0.4 is 15.5 Å². The van der Waals surface area contributed by atoms with Crippen LogP contribution >= 0.6 is 11.6 Å². The summed E-state index contributed by atoms with van der Waals surface area (Å²) in [6.45, 7) is -0.236. The van der Waals surface area contributed by atoms with Gasteiger partial charge in [0.05, 0.1) is 5.39 Å². The van der Waals surface area contributed by atoms with E-state index in [1.807, 2.05) is 0 Å². The predicted molar refractivity (Wildman–Crippen MR) is 113 cm³/mol. The molecule has 6 heteroatoms. The lowest BCUT2D eigenvalue weighted by Gasteiger charge is -2.22. The molecule has 29 heavy (non-hydrogen) atoms. The van der Waals surface area contributed by atoms with Gasteiger partial charge in [-0.1, -0.05) is 43.0 Å². The Labute approximate surface area is 173 Å². The molecule has 0 bridgehead atoms. The molecule has 1 amide bonds. The fourth-order valence-corrected chi connectivity index (χ4v) is 3.83. The highest BCUT2D eigenvalue weighted by molar-refractivity contribution is 6.30. The molecule has 1 N–H and O–H groups in total. The highest BCUT2D eigenvalue weighted by Crippen LogP contribution is 2.31. The minimum absolute atomic E-state index is 0.0322. The lowest BCUT2D eigenvalue weighted by Crippen LogP contribution is -2.39. The number of para-hydroxylation sites is 1. The second kappa shape index (κ2) is 8.70. The zero-order valence-electron chi connectivity index (χ0n) is 15.9. The molecule has 4 rings (SSSR count). The molecular weight excluding hydrogens is 390 g/mol. The first kappa shape index (κ1) is 19.5. The smallest absolute Gasteiger partial charge is 0.258 e. The van der Waals surface area contributed by atoms with Crippen molar-refractivity contribution in [3.63, 3.8) is 0 Å². The fraction of sp³-hybridized carbons (Fsp3) is 0.304. The highest BCUT2D eigenvalue weighted by Gasteiger charge is 2.20. The Balaban J connectivity index is 1.63. The van der Waals surface area contributed by atoms with E-state index in [2.05, 4.69) is 5.32 Å². The van der Waals surface area contributed by atoms with Gasteiger partial charge in [0.15, 0.2) is 12.4 Å². The Morgan fingerprint density at radius 3 is 2.55 bits per heavy atom. The summed E-state index contributed by atoms with van der Waals surface area (Å²) in [5.74, 6) is 0.0900. The Bertz CT molecular complexity index is 1070. The molecule has 150 valence electrons. The molecule has 0 spiro atoms. The number of hydrogen-bond acceptors (Lipinski definition) is 4. The van der Waals surface area contributed by atoms with Crippen LogP contribution in [0.1, 0.15) is 32.1 Å². The number of nitrogens with one attached hydrogen (secondary N) is 1. The van der Waals surface area contributed by atoms with Gasteiger partial charge in [-0.15, -0.1) is 0 Å². The summed E-state index contributed by atoms with van der Waals surface area (Å²) in [6, 6.07) is 14.1. The van der Waals surface area contributed by atoms with Crippen molar-refractivity contribution >= 4 is 28.5 Å². The van der Waals surface area contributed by atoms with Gasteiger partial charge >= 0.3 is 0 Å². The molecule has 3 aromatic rings. The van der Waals surface area contributed by atoms with E-state index in [0.29, 0.717) is 21.6 Å². The summed E-state index contributed by atoms with van der Waals surface area (Å²) < 4.78 is 11.7. The van der Waals surface area contributed by atoms with Crippen molar-refractivity contribution in [1.29, 1.82) is 0 Å². The van der Waals surface area contributed by atoms with Gasteiger partial charge in [-0.3, -0.25) is 9.59 Å². The van der Waals surface area contributed by atoms with Gasteiger partial charge in [0, 0.05) is 16.6 Å². The van der Waals surface area contributed by atoms with Crippen LogP contribution in [0.15, 0.2) is 57.7 Å². The summed E-state index contributed by atoms with van der Waals surface area (Å²) in [5, 5.41) is 3.98. The maximum atomic E-state index is 13.0. The zero-order chi connectivity index (χ0) is 20.2. The van der Waals surface area contributed by atoms with Gasteiger partial charge in [-0.2, -0.15) is 0 Å². The summed E-state index contributed by atoms with van der Waals surface area (Å²) in [4.78, 5) is 25.4. The Morgan fingerprint density at radius 2 is 1.79 bits per heavy atom. The molecule has 0 unspecified atom stereocenters. The number of ether oxygens (including phenoxy) is 1. The average molecular weight is 412 g/mol. The van der Waals surface area contributed by atoms with Crippen LogP contribution in [0.5, 0.6) is 5.75 Å². The second-order valence-electron chi connectivity index (χ2n) is 7.28. The molecule has 5 nitrogen and oxygen atoms in total. The molecule has 0 atom stereocenters. The highest BCUT2D eigenvalue weighted by atomic mass is 35.5. The van der Waals surface area contributed by atoms with E-state index in [1.165, 1.54) is 6.42 Å². The van der Waals surface area contributed by atoms with E-state index in [1.54, 1.807) is 48.5 Å². The van der Waals surface area contributed by atoms with E-state index in [9.17, 15) is 9.59 Å². The van der Waals surface area contributed by atoms with Gasteiger partial charge in [0.1, 0.15) is 5.58 Å². The molecule has 2 aromatic carbocycles. The van der Waals surface area contributed by atoms with Crippen molar-refractivity contribution in [2.75, 3.05) is 6.61 Å². The maximum Gasteiger partial charge on any atom is 0.258 e. The number of amides is 1. The standard InChI is InChI=1S/C23H22ClNO4/c24-16-12-10-15(11-13-16)22-23(21(27)18-8-4-5-9-19(18)29-22)28-14-20(26)25-17-6-2-1-3-7-17/h4-5,8-13,17H,1-3,6-7,14H2,(H,25,26). The number of halogens is 1. The molecule has 1 aliphatic carbocycles. The average Bonchev–Trinajstić information content (AvgIpc) is 2.74. The van der Waals surface area contributed by atoms with Crippen LogP contribution in [0.3, 0.4) is 0 Å². The maximum absolute atomic E-state index is 13.0. The number of carbonyl (C=O) groups is 1. The van der Waals surface area contributed by atoms with E-state index in [-0.39, 0.29) is 35.5 Å². The first-order valence-electron chi connectivity index (χ1n) is 9.86. The molecule has 1 heterocycles. The van der Waals surface area contributed by atoms with Gasteiger partial charge in [-0.25, -0.2) is 0 Å². The molecule has 1 fully saturated rings. The van der Waals surface area contributed by atoms with E-state index < -0.39 is 0 Å². The Kier molecular flexibility index (Phi) is 5.86. The fourth-order valence-electron chi connectivity index (χ4n) is 3.70. The molecule has 0 aliphatic heterocycles. The number of rotatable bonds is 5. The topological polar surface area (TPSA) is 68.5 Å². The van der Waals surface area contributed by atoms with Crippen LogP contribution in [0.4, 0.5) is 0 Å². The minimum Gasteiger partial charge on any atom is -0.476 e. The summed E-state index contributed by atoms with van der Waals surface area (Å²) in [6.07, 6.45) is 5.44. The lowest BCUT2D eigenvalue weighted by atomic mass is 9.95. The van der Waals surface area contributed by atoms with Crippen molar-refractivity contribution in [3.8, 4) is 17.1 Å². The molecule has 1 saturated carbocycles. The number of fused-ring (bicyclic) bond motifs is 1. The first-order valence-corrected chi connectivity index (χ1v) is 10.2. The van der Waals surface area contributed by atoms with Crippen LogP contribution in [0, 0.1) is 0 Å². The first-order chi connectivity index (χ1) is 14.1. The molecular formula is C23H22ClNO4. The third-order valence-corrected chi connectivity index (χ3v) is 5.43. The van der Waals surface area contributed by atoms with Gasteiger partial charge < -0.3 is 14.5 Å². The third kappa shape index (κ3) is 4.46. The zero-order valence-corrected chi connectivity index (χ0v) is 16.7. The van der Waals surface area contributed by atoms with Crippen LogP contribution in [-0.2, 0) is 4.79 Å². The summed E-state index contributed by atoms with van der Waals surface area (Å²) in [5.41, 5.74) is 0.809. The molecule has 0 saturated heterocycles. The van der Waals surface area contributed by atoms with Crippen molar-refractivity contribution in [3.05, 3.63) is 63.8 Å². The number of hydrogen-bond donors (Lipinski definition) is 1. The lowest BCUT2D eigenvalue weighted by molar-refractivity contribution is -0.124. The van der Waals surface area contributed by atoms with Gasteiger partial charge in [0.25, 0.3) is 5.91 Å². The summed E-state index contributed by atoms with van der Waals surface area (Å²) >= 11 is 5.98. The monoisotopic (exact) mass is 411 g/mol. The molecule has 1 aliphatic rings. The predicted octanol–water partition coefficient (Wildman–Crippen LogP) is 4.94. The van der Waals surface area contributed by atoms with Crippen LogP contribution in [-0.4, -0.2) is 18.6 Å². The van der Waals surface area contributed by atoms with E-state index >= 15 is 0 Å².